The van der Waals surface area contributed by atoms with Gasteiger partial charge in [-0.3, -0.25) is 9.59 Å². The molecular formula is C49H93NO5. The van der Waals surface area contributed by atoms with Gasteiger partial charge in [-0.1, -0.05) is 218 Å². The van der Waals surface area contributed by atoms with Crippen LogP contribution in [0, 0.1) is 0 Å². The van der Waals surface area contributed by atoms with Crippen LogP contribution in [-0.2, 0) is 14.3 Å². The molecule has 0 aliphatic heterocycles. The Labute approximate surface area is 341 Å². The number of rotatable bonds is 43. The minimum atomic E-state index is -0.790. The van der Waals surface area contributed by atoms with E-state index in [-0.39, 0.29) is 24.9 Å². The molecular weight excluding hydrogens is 683 g/mol. The van der Waals surface area contributed by atoms with Gasteiger partial charge in [0.2, 0.25) is 5.91 Å². The van der Waals surface area contributed by atoms with Crippen LogP contribution in [0.25, 0.3) is 0 Å². The van der Waals surface area contributed by atoms with E-state index < -0.39 is 18.2 Å². The average Bonchev–Trinajstić information content (AvgIpc) is 3.18. The molecule has 0 aromatic carbocycles. The number of aliphatic hydroxyl groups excluding tert-OH is 2. The number of ether oxygens (including phenoxy) is 1. The maximum atomic E-state index is 13.1. The molecule has 0 aromatic heterocycles. The van der Waals surface area contributed by atoms with E-state index in [9.17, 15) is 19.8 Å². The van der Waals surface area contributed by atoms with Crippen LogP contribution in [0.3, 0.4) is 0 Å². The van der Waals surface area contributed by atoms with E-state index in [0.29, 0.717) is 25.7 Å². The van der Waals surface area contributed by atoms with Crippen LogP contribution >= 0.6 is 0 Å². The van der Waals surface area contributed by atoms with Gasteiger partial charge in [0.1, 0.15) is 6.10 Å². The third-order valence-corrected chi connectivity index (χ3v) is 11.0. The van der Waals surface area contributed by atoms with Gasteiger partial charge in [-0.15, -0.1) is 0 Å². The number of aliphatic hydroxyl groups is 2. The molecule has 6 heteroatoms. The number of amides is 1. The minimum absolute atomic E-state index is 0.0599. The molecule has 0 saturated carbocycles. The second kappa shape index (κ2) is 43.5. The summed E-state index contributed by atoms with van der Waals surface area (Å²) in [6.45, 7) is 6.45. The van der Waals surface area contributed by atoms with Crippen LogP contribution in [0.4, 0.5) is 0 Å². The number of carbonyl (C=O) groups is 2. The maximum absolute atomic E-state index is 13.1. The Hall–Kier alpha value is -1.66. The van der Waals surface area contributed by atoms with E-state index in [1.165, 1.54) is 148 Å². The molecule has 55 heavy (non-hydrogen) atoms. The number of hydrogen-bond acceptors (Lipinski definition) is 5. The van der Waals surface area contributed by atoms with Gasteiger partial charge in [0.05, 0.1) is 25.2 Å². The van der Waals surface area contributed by atoms with Crippen molar-refractivity contribution in [2.75, 3.05) is 6.61 Å². The van der Waals surface area contributed by atoms with E-state index in [4.69, 9.17) is 4.74 Å². The zero-order valence-corrected chi connectivity index (χ0v) is 36.8. The Morgan fingerprint density at radius 3 is 1.38 bits per heavy atom. The summed E-state index contributed by atoms with van der Waals surface area (Å²) in [5.74, 6) is -0.546. The van der Waals surface area contributed by atoms with E-state index in [2.05, 4.69) is 44.3 Å². The van der Waals surface area contributed by atoms with Crippen LogP contribution < -0.4 is 5.32 Å². The number of allylic oxidation sites excluding steroid dienone is 4. The number of esters is 1. The fraction of sp³-hybridized carbons (Fsp3) is 0.878. The van der Waals surface area contributed by atoms with Gasteiger partial charge in [0, 0.05) is 6.42 Å². The topological polar surface area (TPSA) is 95.9 Å². The van der Waals surface area contributed by atoms with Crippen molar-refractivity contribution in [2.45, 2.75) is 270 Å². The predicted octanol–water partition coefficient (Wildman–Crippen LogP) is 14.0. The van der Waals surface area contributed by atoms with Crippen molar-refractivity contribution in [2.24, 2.45) is 0 Å². The van der Waals surface area contributed by atoms with E-state index in [1.807, 2.05) is 6.08 Å². The molecule has 0 aliphatic carbocycles. The van der Waals surface area contributed by atoms with E-state index in [0.717, 1.165) is 51.4 Å². The van der Waals surface area contributed by atoms with Crippen molar-refractivity contribution in [1.29, 1.82) is 0 Å². The van der Waals surface area contributed by atoms with Crippen LogP contribution in [0.1, 0.15) is 252 Å². The van der Waals surface area contributed by atoms with Crippen molar-refractivity contribution < 1.29 is 24.5 Å². The molecule has 3 N–H and O–H groups in total. The molecule has 3 unspecified atom stereocenters. The Balaban J connectivity index is 4.58. The number of nitrogens with one attached hydrogen (secondary N) is 1. The third-order valence-electron chi connectivity index (χ3n) is 11.0. The molecule has 0 radical (unpaired) electrons. The summed E-state index contributed by atoms with van der Waals surface area (Å²) in [4.78, 5) is 25.9. The Kier molecular flexibility index (Phi) is 42.2. The van der Waals surface area contributed by atoms with E-state index in [1.54, 1.807) is 0 Å². The monoisotopic (exact) mass is 776 g/mol. The van der Waals surface area contributed by atoms with Gasteiger partial charge in [0.25, 0.3) is 0 Å². The van der Waals surface area contributed by atoms with Crippen molar-refractivity contribution in [1.82, 2.24) is 5.32 Å². The summed E-state index contributed by atoms with van der Waals surface area (Å²) in [5.41, 5.74) is 0. The molecule has 3 atom stereocenters. The average molecular weight is 776 g/mol. The van der Waals surface area contributed by atoms with Gasteiger partial charge in [-0.05, 0) is 44.9 Å². The van der Waals surface area contributed by atoms with Crippen molar-refractivity contribution in [3.05, 3.63) is 24.3 Å². The highest BCUT2D eigenvalue weighted by Crippen LogP contribution is 2.17. The second-order valence-corrected chi connectivity index (χ2v) is 16.5. The second-order valence-electron chi connectivity index (χ2n) is 16.5. The first kappa shape index (κ1) is 53.3. The number of carbonyl (C=O) groups excluding carboxylic acids is 2. The molecule has 0 saturated heterocycles. The molecule has 0 rings (SSSR count). The van der Waals surface area contributed by atoms with E-state index >= 15 is 0 Å². The highest BCUT2D eigenvalue weighted by Gasteiger charge is 2.24. The Bertz CT molecular complexity index is 873. The normalized spacial score (nSPS) is 13.5. The smallest absolute Gasteiger partial charge is 0.306 e. The maximum Gasteiger partial charge on any atom is 0.306 e. The lowest BCUT2D eigenvalue weighted by Crippen LogP contribution is -2.46. The fourth-order valence-electron chi connectivity index (χ4n) is 7.37. The zero-order chi connectivity index (χ0) is 40.3. The van der Waals surface area contributed by atoms with Gasteiger partial charge < -0.3 is 20.3 Å². The summed E-state index contributed by atoms with van der Waals surface area (Å²) in [5, 5.41) is 23.7. The largest absolute Gasteiger partial charge is 0.462 e. The molecule has 1 amide bonds. The van der Waals surface area contributed by atoms with Crippen molar-refractivity contribution in [3.63, 3.8) is 0 Å². The van der Waals surface area contributed by atoms with Crippen molar-refractivity contribution in [3.8, 4) is 0 Å². The minimum Gasteiger partial charge on any atom is -0.462 e. The predicted molar refractivity (Wildman–Crippen MR) is 236 cm³/mol. The Morgan fingerprint density at radius 2 is 0.927 bits per heavy atom. The number of unbranched alkanes of at least 4 members (excludes halogenated alkanes) is 27. The molecule has 324 valence electrons. The van der Waals surface area contributed by atoms with Crippen LogP contribution in [0.2, 0.25) is 0 Å². The summed E-state index contributed by atoms with van der Waals surface area (Å²) >= 11 is 0. The molecule has 0 heterocycles. The van der Waals surface area contributed by atoms with Crippen LogP contribution in [0.15, 0.2) is 24.3 Å². The number of hydrogen-bond donors (Lipinski definition) is 3. The highest BCUT2D eigenvalue weighted by molar-refractivity contribution is 5.77. The van der Waals surface area contributed by atoms with Gasteiger partial charge in [0.15, 0.2) is 0 Å². The van der Waals surface area contributed by atoms with Crippen molar-refractivity contribution >= 4 is 11.9 Å². The van der Waals surface area contributed by atoms with Gasteiger partial charge in [-0.2, -0.15) is 0 Å². The zero-order valence-electron chi connectivity index (χ0n) is 36.8. The van der Waals surface area contributed by atoms with Crippen LogP contribution in [-0.4, -0.2) is 46.9 Å². The lowest BCUT2D eigenvalue weighted by molar-refractivity contribution is -0.150. The summed E-state index contributed by atoms with van der Waals surface area (Å²) in [7, 11) is 0. The molecule has 6 nitrogen and oxygen atoms in total. The third kappa shape index (κ3) is 39.0. The molecule has 0 aliphatic rings. The molecule has 0 aromatic rings. The quantitative estimate of drug-likeness (QED) is 0.0326. The van der Waals surface area contributed by atoms with Crippen LogP contribution in [0.5, 0.6) is 0 Å². The first-order valence-electron chi connectivity index (χ1n) is 24.1. The molecule has 0 spiro atoms. The van der Waals surface area contributed by atoms with Gasteiger partial charge in [-0.25, -0.2) is 0 Å². The lowest BCUT2D eigenvalue weighted by atomic mass is 10.0. The summed E-state index contributed by atoms with van der Waals surface area (Å²) in [6.07, 6.45) is 48.2. The first-order chi connectivity index (χ1) is 27.0. The fourth-order valence-corrected chi connectivity index (χ4v) is 7.37. The van der Waals surface area contributed by atoms with Gasteiger partial charge >= 0.3 is 5.97 Å². The Morgan fingerprint density at radius 1 is 0.527 bits per heavy atom. The molecule has 0 bridgehead atoms. The lowest BCUT2D eigenvalue weighted by Gasteiger charge is -2.24. The summed E-state index contributed by atoms with van der Waals surface area (Å²) in [6, 6.07) is -0.705. The standard InChI is InChI=1S/C49H93NO5/c1-4-7-10-13-16-19-22-24-26-29-32-35-38-41-47(52)46(44-51)50-48(53)43-45(40-37-34-31-28-21-18-15-12-9-6-3)55-49(54)42-39-36-33-30-27-25-23-20-17-14-11-8-5-2/h25,27,33,36,45-47,51-52H,4-24,26,28-32,34-35,37-44H2,1-3H3,(H,50,53)/b27-25-,36-33+. The highest BCUT2D eigenvalue weighted by atomic mass is 16.5. The SMILES string of the molecule is CCCCCCCC/C=C\C/C=C/CCC(=O)OC(CCCCCCCCCCCC)CC(=O)NC(CO)C(O)CCCCCCCCCCCCCCC. The first-order valence-corrected chi connectivity index (χ1v) is 24.1. The molecule has 0 fully saturated rings. The summed E-state index contributed by atoms with van der Waals surface area (Å²) < 4.78 is 5.87.